The van der Waals surface area contributed by atoms with Gasteiger partial charge in [-0.15, -0.1) is 0 Å². The molecule has 276 valence electrons. The molecule has 5 rings (SSSR count). The molecular weight excluding hydrogens is 694 g/mol. The summed E-state index contributed by atoms with van der Waals surface area (Å²) in [5, 5.41) is 2.45. The minimum atomic E-state index is -3.17. The Balaban J connectivity index is 1.23. The summed E-state index contributed by atoms with van der Waals surface area (Å²) in [7, 11) is 0. The van der Waals surface area contributed by atoms with Gasteiger partial charge in [0.1, 0.15) is 11.6 Å². The van der Waals surface area contributed by atoms with Crippen molar-refractivity contribution in [1.29, 1.82) is 0 Å². The number of primary amides is 1. The summed E-state index contributed by atoms with van der Waals surface area (Å²) in [6, 6.07) is 8.42. The second-order valence-corrected chi connectivity index (χ2v) is 11.5. The van der Waals surface area contributed by atoms with Gasteiger partial charge in [0.2, 0.25) is 17.7 Å². The first-order chi connectivity index (χ1) is 25.0. The van der Waals surface area contributed by atoms with Gasteiger partial charge in [-0.05, 0) is 50.1 Å². The lowest BCUT2D eigenvalue weighted by molar-refractivity contribution is -0.131. The van der Waals surface area contributed by atoms with Crippen LogP contribution in [-0.4, -0.2) is 77.2 Å². The lowest BCUT2D eigenvalue weighted by Crippen LogP contribution is -2.49. The molecule has 3 amide bonds. The normalized spacial score (nSPS) is 13.5. The van der Waals surface area contributed by atoms with Crippen molar-refractivity contribution in [3.63, 3.8) is 0 Å². The highest BCUT2D eigenvalue weighted by Crippen LogP contribution is 2.36. The summed E-state index contributed by atoms with van der Waals surface area (Å²) < 4.78 is 75.1. The molecule has 14 nitrogen and oxygen atoms in total. The molecule has 0 aliphatic carbocycles. The number of alkyl halides is 2. The Morgan fingerprint density at radius 3 is 2.44 bits per heavy atom. The van der Waals surface area contributed by atoms with Gasteiger partial charge < -0.3 is 39.5 Å². The topological polar surface area (TPSA) is 175 Å². The number of amides is 3. The number of nitrogens with zero attached hydrogens (tertiary/aromatic N) is 5. The van der Waals surface area contributed by atoms with Crippen molar-refractivity contribution in [3.8, 4) is 23.0 Å². The van der Waals surface area contributed by atoms with Gasteiger partial charge in [0, 0.05) is 68.7 Å². The SMILES string of the molecule is CC(OC(N)=O)c1oc(-c2ccc(OC(F)F)c(OCCCCC(=O)N3CCN(c4ncccn4)CC3)c2)nc1C(=O)NCc1ccc(F)cc1F. The third-order valence-electron chi connectivity index (χ3n) is 7.90. The third kappa shape index (κ3) is 9.85. The average Bonchev–Trinajstić information content (AvgIpc) is 3.58. The fraction of sp³-hybridized carbons (Fsp3) is 0.353. The number of hydrogen-bond acceptors (Lipinski definition) is 11. The second-order valence-electron chi connectivity index (χ2n) is 11.5. The number of piperazine rings is 1. The number of benzene rings is 2. The predicted octanol–water partition coefficient (Wildman–Crippen LogP) is 5.00. The van der Waals surface area contributed by atoms with Crippen LogP contribution in [0.15, 0.2) is 59.3 Å². The summed E-state index contributed by atoms with van der Waals surface area (Å²) in [5.41, 5.74) is 4.96. The van der Waals surface area contributed by atoms with Crippen LogP contribution in [0.3, 0.4) is 0 Å². The van der Waals surface area contributed by atoms with Gasteiger partial charge in [-0.25, -0.2) is 28.5 Å². The van der Waals surface area contributed by atoms with E-state index in [0.717, 1.165) is 12.1 Å². The Morgan fingerprint density at radius 1 is 1.00 bits per heavy atom. The number of nitrogens with one attached hydrogen (secondary N) is 1. The predicted molar refractivity (Wildman–Crippen MR) is 175 cm³/mol. The number of anilines is 1. The molecule has 4 aromatic rings. The molecule has 1 aliphatic rings. The van der Waals surface area contributed by atoms with Gasteiger partial charge in [-0.2, -0.15) is 8.78 Å². The number of hydrogen-bond donors (Lipinski definition) is 2. The number of nitrogens with two attached hydrogens (primary N) is 1. The lowest BCUT2D eigenvalue weighted by atomic mass is 10.2. The number of unbranched alkanes of at least 4 members (excludes halogenated alkanes) is 1. The van der Waals surface area contributed by atoms with E-state index >= 15 is 0 Å². The van der Waals surface area contributed by atoms with E-state index in [0.29, 0.717) is 51.0 Å². The standard InChI is InChI=1S/C34H35F4N7O7/c1-20(50-33(39)48)29-28(30(47)42-19-22-6-8-23(35)18-24(22)36)43-31(52-29)21-7-9-25(51-32(37)38)26(17-21)49-16-3-2-5-27(46)44-12-14-45(15-13-44)34-40-10-4-11-41-34/h4,6-11,17-18,20,32H,2-3,5,12-16,19H2,1H3,(H2,39,48)(H,42,47). The Hall–Kier alpha value is -5.94. The first kappa shape index (κ1) is 37.3. The van der Waals surface area contributed by atoms with Crippen molar-refractivity contribution in [3.05, 3.63) is 83.5 Å². The van der Waals surface area contributed by atoms with Crippen LogP contribution in [0.4, 0.5) is 28.3 Å². The van der Waals surface area contributed by atoms with Crippen LogP contribution in [0.1, 0.15) is 54.1 Å². The lowest BCUT2D eigenvalue weighted by Gasteiger charge is -2.34. The molecule has 1 atom stereocenters. The Kier molecular flexibility index (Phi) is 12.4. The molecule has 3 heterocycles. The minimum absolute atomic E-state index is 0.0144. The van der Waals surface area contributed by atoms with Crippen LogP contribution in [0.25, 0.3) is 11.5 Å². The molecule has 1 aliphatic heterocycles. The quantitative estimate of drug-likeness (QED) is 0.125. The molecule has 18 heteroatoms. The summed E-state index contributed by atoms with van der Waals surface area (Å²) in [5.74, 6) is -2.73. The van der Waals surface area contributed by atoms with Gasteiger partial charge >= 0.3 is 12.7 Å². The first-order valence-corrected chi connectivity index (χ1v) is 16.2. The Bertz CT molecular complexity index is 1860. The van der Waals surface area contributed by atoms with Crippen LogP contribution in [0, 0.1) is 11.6 Å². The maximum Gasteiger partial charge on any atom is 0.405 e. The van der Waals surface area contributed by atoms with Crippen molar-refractivity contribution in [1.82, 2.24) is 25.2 Å². The van der Waals surface area contributed by atoms with E-state index in [1.54, 1.807) is 23.4 Å². The first-order valence-electron chi connectivity index (χ1n) is 16.2. The molecule has 52 heavy (non-hydrogen) atoms. The molecule has 1 fully saturated rings. The van der Waals surface area contributed by atoms with Crippen LogP contribution in [0.2, 0.25) is 0 Å². The third-order valence-corrected chi connectivity index (χ3v) is 7.90. The zero-order chi connectivity index (χ0) is 37.2. The highest BCUT2D eigenvalue weighted by atomic mass is 19.3. The smallest absolute Gasteiger partial charge is 0.405 e. The van der Waals surface area contributed by atoms with Crippen molar-refractivity contribution >= 4 is 23.9 Å². The zero-order valence-corrected chi connectivity index (χ0v) is 27.9. The monoisotopic (exact) mass is 729 g/mol. The Morgan fingerprint density at radius 2 is 1.75 bits per heavy atom. The van der Waals surface area contributed by atoms with Crippen LogP contribution in [0.5, 0.6) is 11.5 Å². The minimum Gasteiger partial charge on any atom is -0.490 e. The van der Waals surface area contributed by atoms with Crippen molar-refractivity contribution < 1.29 is 50.6 Å². The van der Waals surface area contributed by atoms with Crippen molar-refractivity contribution in [2.45, 2.75) is 45.4 Å². The molecule has 2 aromatic carbocycles. The van der Waals surface area contributed by atoms with Gasteiger partial charge in [-0.1, -0.05) is 6.07 Å². The fourth-order valence-corrected chi connectivity index (χ4v) is 5.32. The van der Waals surface area contributed by atoms with Gasteiger partial charge in [0.05, 0.1) is 6.61 Å². The van der Waals surface area contributed by atoms with E-state index in [9.17, 15) is 31.9 Å². The van der Waals surface area contributed by atoms with E-state index in [2.05, 4.69) is 25.0 Å². The molecule has 1 saturated heterocycles. The maximum absolute atomic E-state index is 14.1. The molecule has 0 bridgehead atoms. The number of ether oxygens (including phenoxy) is 3. The fourth-order valence-electron chi connectivity index (χ4n) is 5.32. The summed E-state index contributed by atoms with van der Waals surface area (Å²) in [6.45, 7) is 0.165. The van der Waals surface area contributed by atoms with Crippen LogP contribution >= 0.6 is 0 Å². The number of halogens is 4. The molecule has 0 radical (unpaired) electrons. The number of carbonyl (C=O) groups excluding carboxylic acids is 3. The average molecular weight is 730 g/mol. The van der Waals surface area contributed by atoms with Crippen LogP contribution in [-0.2, 0) is 16.1 Å². The van der Waals surface area contributed by atoms with Gasteiger partial charge in [0.25, 0.3) is 5.91 Å². The van der Waals surface area contributed by atoms with Crippen LogP contribution < -0.4 is 25.4 Å². The molecular formula is C34H35F4N7O7. The van der Waals surface area contributed by atoms with E-state index in [-0.39, 0.29) is 65.5 Å². The molecule has 1 unspecified atom stereocenters. The van der Waals surface area contributed by atoms with E-state index in [1.807, 2.05) is 4.90 Å². The van der Waals surface area contributed by atoms with E-state index in [1.165, 1.54) is 25.1 Å². The molecule has 0 saturated carbocycles. The number of oxazole rings is 1. The Labute approximate surface area is 294 Å². The summed E-state index contributed by atoms with van der Waals surface area (Å²) in [4.78, 5) is 53.9. The molecule has 2 aromatic heterocycles. The highest BCUT2D eigenvalue weighted by Gasteiger charge is 2.28. The summed E-state index contributed by atoms with van der Waals surface area (Å²) in [6.07, 6.45) is 2.09. The highest BCUT2D eigenvalue weighted by molar-refractivity contribution is 5.94. The largest absolute Gasteiger partial charge is 0.490 e. The molecule has 3 N–H and O–H groups in total. The maximum atomic E-state index is 14.1. The van der Waals surface area contributed by atoms with Crippen molar-refractivity contribution in [2.24, 2.45) is 5.73 Å². The van der Waals surface area contributed by atoms with Crippen molar-refractivity contribution in [2.75, 3.05) is 37.7 Å². The number of carbonyl (C=O) groups is 3. The zero-order valence-electron chi connectivity index (χ0n) is 27.9. The van der Waals surface area contributed by atoms with Gasteiger partial charge in [0.15, 0.2) is 29.1 Å². The summed E-state index contributed by atoms with van der Waals surface area (Å²) >= 11 is 0. The number of aromatic nitrogens is 3. The number of rotatable bonds is 15. The molecule has 0 spiro atoms. The van der Waals surface area contributed by atoms with E-state index < -0.39 is 36.4 Å². The second kappa shape index (κ2) is 17.3. The van der Waals surface area contributed by atoms with E-state index in [4.69, 9.17) is 19.6 Å². The van der Waals surface area contributed by atoms with Gasteiger partial charge in [-0.3, -0.25) is 9.59 Å².